The van der Waals surface area contributed by atoms with Gasteiger partial charge in [-0.1, -0.05) is 12.1 Å². The molecule has 0 spiro atoms. The molecule has 0 amide bonds. The number of nitrogens with one attached hydrogen (secondary N) is 2. The Hall–Kier alpha value is -2.42. The zero-order chi connectivity index (χ0) is 20.7. The van der Waals surface area contributed by atoms with Gasteiger partial charge in [-0.3, -0.25) is 4.99 Å². The highest BCUT2D eigenvalue weighted by Gasteiger charge is 2.28. The summed E-state index contributed by atoms with van der Waals surface area (Å²) < 4.78 is 41.7. The molecule has 1 fully saturated rings. The second-order valence-electron chi connectivity index (χ2n) is 6.83. The Morgan fingerprint density at radius 1 is 1.24 bits per heavy atom. The second-order valence-corrected chi connectivity index (χ2v) is 7.76. The summed E-state index contributed by atoms with van der Waals surface area (Å²) in [5.74, 6) is 0.881. The number of aliphatic imine (C=N–C) groups is 1. The third kappa shape index (κ3) is 6.85. The van der Waals surface area contributed by atoms with Crippen LogP contribution in [0, 0.1) is 0 Å². The average molecular weight is 427 g/mol. The van der Waals surface area contributed by atoms with E-state index in [0.29, 0.717) is 18.5 Å². The quantitative estimate of drug-likeness (QED) is 0.541. The van der Waals surface area contributed by atoms with Gasteiger partial charge in [0.1, 0.15) is 5.75 Å². The van der Waals surface area contributed by atoms with E-state index in [-0.39, 0.29) is 5.75 Å². The number of hydrogen-bond donors (Lipinski definition) is 2. The molecule has 2 N–H and O–H groups in total. The summed E-state index contributed by atoms with van der Waals surface area (Å²) in [7, 11) is 1.71. The highest BCUT2D eigenvalue weighted by Crippen LogP contribution is 2.25. The van der Waals surface area contributed by atoms with Crippen molar-refractivity contribution >= 4 is 22.3 Å². The number of nitrogens with zero attached hydrogens (tertiary/aromatic N) is 2. The smallest absolute Gasteiger partial charge is 0.422 e. The van der Waals surface area contributed by atoms with Crippen LogP contribution in [0.5, 0.6) is 5.75 Å². The lowest BCUT2D eigenvalue weighted by Crippen LogP contribution is -2.48. The number of anilines is 1. The van der Waals surface area contributed by atoms with Gasteiger partial charge in [-0.2, -0.15) is 13.2 Å². The van der Waals surface area contributed by atoms with E-state index in [1.807, 2.05) is 6.07 Å². The molecular formula is C20H25F3N4OS. The van der Waals surface area contributed by atoms with E-state index in [0.717, 1.165) is 31.5 Å². The van der Waals surface area contributed by atoms with Gasteiger partial charge in [-0.25, -0.2) is 0 Å². The van der Waals surface area contributed by atoms with Crippen LogP contribution in [0.15, 0.2) is 46.8 Å². The van der Waals surface area contributed by atoms with E-state index in [2.05, 4.69) is 38.0 Å². The normalized spacial score (nSPS) is 16.0. The Balaban J connectivity index is 1.45. The predicted octanol–water partition coefficient (Wildman–Crippen LogP) is 4.02. The minimum Gasteiger partial charge on any atom is -0.484 e. The van der Waals surface area contributed by atoms with E-state index in [9.17, 15) is 13.2 Å². The Bertz CT molecular complexity index is 787. The van der Waals surface area contributed by atoms with Crippen LogP contribution in [-0.4, -0.2) is 44.9 Å². The van der Waals surface area contributed by atoms with Crippen LogP contribution < -0.4 is 20.3 Å². The first kappa shape index (κ1) is 21.3. The maximum Gasteiger partial charge on any atom is 0.422 e. The molecule has 0 aliphatic carbocycles. The van der Waals surface area contributed by atoms with Gasteiger partial charge in [0.2, 0.25) is 0 Å². The number of rotatable bonds is 6. The molecule has 1 aliphatic rings. The molecular weight excluding hydrogens is 401 g/mol. The third-order valence-electron chi connectivity index (χ3n) is 4.64. The van der Waals surface area contributed by atoms with Crippen molar-refractivity contribution in [2.45, 2.75) is 31.6 Å². The number of benzene rings is 1. The molecule has 0 radical (unpaired) electrons. The Labute approximate surface area is 172 Å². The Morgan fingerprint density at radius 2 is 2.03 bits per heavy atom. The molecule has 3 rings (SSSR count). The van der Waals surface area contributed by atoms with Gasteiger partial charge in [0.05, 0.1) is 5.00 Å². The van der Waals surface area contributed by atoms with Gasteiger partial charge in [-0.15, -0.1) is 11.3 Å². The molecule has 0 atom stereocenters. The molecule has 29 heavy (non-hydrogen) atoms. The fourth-order valence-corrected chi connectivity index (χ4v) is 3.96. The fraction of sp³-hybridized carbons (Fsp3) is 0.450. The zero-order valence-corrected chi connectivity index (χ0v) is 17.0. The maximum atomic E-state index is 12.3. The Morgan fingerprint density at radius 3 is 2.69 bits per heavy atom. The van der Waals surface area contributed by atoms with Gasteiger partial charge >= 0.3 is 6.18 Å². The highest BCUT2D eigenvalue weighted by atomic mass is 32.1. The maximum absolute atomic E-state index is 12.3. The van der Waals surface area contributed by atoms with Crippen LogP contribution in [-0.2, 0) is 6.54 Å². The summed E-state index contributed by atoms with van der Waals surface area (Å²) in [6, 6.07) is 11.2. The molecule has 2 aromatic rings. The molecule has 0 unspecified atom stereocenters. The van der Waals surface area contributed by atoms with Crippen LogP contribution in [0.4, 0.5) is 18.2 Å². The molecule has 158 valence electrons. The van der Waals surface area contributed by atoms with E-state index < -0.39 is 12.8 Å². The van der Waals surface area contributed by atoms with Crippen molar-refractivity contribution in [3.05, 3.63) is 47.3 Å². The lowest BCUT2D eigenvalue weighted by atomic mass is 10.1. The molecule has 1 aromatic heterocycles. The monoisotopic (exact) mass is 426 g/mol. The highest BCUT2D eigenvalue weighted by molar-refractivity contribution is 7.14. The lowest BCUT2D eigenvalue weighted by Gasteiger charge is -2.33. The molecule has 9 heteroatoms. The zero-order valence-electron chi connectivity index (χ0n) is 16.2. The first-order valence-electron chi connectivity index (χ1n) is 9.47. The van der Waals surface area contributed by atoms with Crippen molar-refractivity contribution in [2.24, 2.45) is 4.99 Å². The summed E-state index contributed by atoms with van der Waals surface area (Å²) in [6.07, 6.45) is -2.32. The standard InChI is InChI=1S/C20H25F3N4OS/c1-24-19(26-16-7-9-27(10-8-16)18-6-3-11-29-18)25-13-15-4-2-5-17(12-15)28-14-20(21,22)23/h2-6,11-12,16H,7-10,13-14H2,1H3,(H2,24,25,26). The topological polar surface area (TPSA) is 48.9 Å². The summed E-state index contributed by atoms with van der Waals surface area (Å²) in [5.41, 5.74) is 0.820. The van der Waals surface area contributed by atoms with Crippen LogP contribution >= 0.6 is 11.3 Å². The molecule has 1 saturated heterocycles. The number of guanidine groups is 1. The minimum absolute atomic E-state index is 0.200. The fourth-order valence-electron chi connectivity index (χ4n) is 3.18. The van der Waals surface area contributed by atoms with Gasteiger partial charge in [0, 0.05) is 32.7 Å². The molecule has 2 heterocycles. The number of thiophene rings is 1. The van der Waals surface area contributed by atoms with E-state index >= 15 is 0 Å². The first-order valence-corrected chi connectivity index (χ1v) is 10.3. The van der Waals surface area contributed by atoms with Gasteiger partial charge < -0.3 is 20.3 Å². The third-order valence-corrected chi connectivity index (χ3v) is 5.57. The van der Waals surface area contributed by atoms with Crippen molar-refractivity contribution in [3.63, 3.8) is 0 Å². The first-order chi connectivity index (χ1) is 13.9. The molecule has 0 saturated carbocycles. The number of hydrogen-bond acceptors (Lipinski definition) is 4. The van der Waals surface area contributed by atoms with Crippen molar-refractivity contribution < 1.29 is 17.9 Å². The lowest BCUT2D eigenvalue weighted by molar-refractivity contribution is -0.153. The summed E-state index contributed by atoms with van der Waals surface area (Å²) in [4.78, 5) is 6.65. The minimum atomic E-state index is -4.35. The van der Waals surface area contributed by atoms with Crippen molar-refractivity contribution in [1.29, 1.82) is 0 Å². The summed E-state index contributed by atoms with van der Waals surface area (Å²) in [5, 5.41) is 10.1. The largest absolute Gasteiger partial charge is 0.484 e. The SMILES string of the molecule is CN=C(NCc1cccc(OCC(F)(F)F)c1)NC1CCN(c2cccs2)CC1. The average Bonchev–Trinajstić information content (AvgIpc) is 3.25. The number of ether oxygens (including phenoxy) is 1. The van der Waals surface area contributed by atoms with Crippen LogP contribution in [0.1, 0.15) is 18.4 Å². The van der Waals surface area contributed by atoms with Crippen molar-refractivity contribution in [3.8, 4) is 5.75 Å². The summed E-state index contributed by atoms with van der Waals surface area (Å²) >= 11 is 1.76. The van der Waals surface area contributed by atoms with Crippen LogP contribution in [0.3, 0.4) is 0 Å². The summed E-state index contributed by atoms with van der Waals surface area (Å²) in [6.45, 7) is 1.13. The van der Waals surface area contributed by atoms with Crippen LogP contribution in [0.25, 0.3) is 0 Å². The van der Waals surface area contributed by atoms with Gasteiger partial charge in [-0.05, 0) is 48.1 Å². The van der Waals surface area contributed by atoms with Crippen molar-refractivity contribution in [2.75, 3.05) is 31.6 Å². The number of halogens is 3. The van der Waals surface area contributed by atoms with Crippen molar-refractivity contribution in [1.82, 2.24) is 10.6 Å². The molecule has 0 bridgehead atoms. The molecule has 1 aliphatic heterocycles. The van der Waals surface area contributed by atoms with E-state index in [1.165, 1.54) is 11.1 Å². The van der Waals surface area contributed by atoms with Gasteiger partial charge in [0.15, 0.2) is 12.6 Å². The molecule has 5 nitrogen and oxygen atoms in total. The van der Waals surface area contributed by atoms with Gasteiger partial charge in [0.25, 0.3) is 0 Å². The predicted molar refractivity (Wildman–Crippen MR) is 111 cm³/mol. The number of piperidine rings is 1. The molecule has 1 aromatic carbocycles. The second kappa shape index (κ2) is 9.87. The van der Waals surface area contributed by atoms with E-state index in [1.54, 1.807) is 30.5 Å². The Kier molecular flexibility index (Phi) is 7.24. The van der Waals surface area contributed by atoms with Crippen LogP contribution in [0.2, 0.25) is 0 Å². The van der Waals surface area contributed by atoms with E-state index in [4.69, 9.17) is 4.74 Å². The number of alkyl halides is 3.